The van der Waals surface area contributed by atoms with Crippen molar-refractivity contribution in [1.29, 1.82) is 0 Å². The monoisotopic (exact) mass is 215 g/mol. The highest BCUT2D eigenvalue weighted by Gasteiger charge is 2.03. The first-order valence-electron chi connectivity index (χ1n) is 4.84. The van der Waals surface area contributed by atoms with Gasteiger partial charge in [-0.3, -0.25) is 0 Å². The van der Waals surface area contributed by atoms with Crippen LogP contribution in [-0.4, -0.2) is 31.3 Å². The van der Waals surface area contributed by atoms with Crippen molar-refractivity contribution >= 4 is 6.09 Å². The molecule has 0 rings (SSSR count). The van der Waals surface area contributed by atoms with Gasteiger partial charge in [0.25, 0.3) is 0 Å². The Labute approximate surface area is 88.8 Å². The van der Waals surface area contributed by atoms with E-state index in [2.05, 4.69) is 10.0 Å². The zero-order valence-electron chi connectivity index (χ0n) is 8.93. The van der Waals surface area contributed by atoms with E-state index in [1.165, 1.54) is 7.05 Å². The van der Waals surface area contributed by atoms with Crippen LogP contribution in [0, 0.1) is 0 Å². The highest BCUT2D eigenvalue weighted by Crippen LogP contribution is 2.00. The van der Waals surface area contributed by atoms with Gasteiger partial charge in [-0.25, -0.2) is 15.6 Å². The summed E-state index contributed by atoms with van der Waals surface area (Å²) in [5, 5.41) is 4.32. The minimum Gasteiger partial charge on any atom is -0.448 e. The van der Waals surface area contributed by atoms with E-state index in [4.69, 9.17) is 16.1 Å². The normalized spacial score (nSPS) is 9.20. The average molecular weight is 215 g/mol. The molecule has 7 heteroatoms. The second-order valence-corrected chi connectivity index (χ2v) is 3.09. The van der Waals surface area contributed by atoms with Crippen molar-refractivity contribution in [1.82, 2.24) is 5.01 Å². The van der Waals surface area contributed by atoms with Gasteiger partial charge in [-0.1, -0.05) is 18.0 Å². The predicted octanol–water partition coefficient (Wildman–Crippen LogP) is 1.80. The molecule has 1 amide bonds. The van der Waals surface area contributed by atoms with Crippen LogP contribution in [0.3, 0.4) is 0 Å². The molecule has 15 heavy (non-hydrogen) atoms. The van der Waals surface area contributed by atoms with E-state index >= 15 is 0 Å². The van der Waals surface area contributed by atoms with Crippen molar-refractivity contribution in [3.63, 3.8) is 0 Å². The number of hydrogen-bond acceptors (Lipinski definition) is 4. The number of nitrogens with two attached hydrogens (primary N) is 1. The third kappa shape index (κ3) is 8.86. The number of nitrogens with zero attached hydrogens (tertiary/aromatic N) is 4. The smallest absolute Gasteiger partial charge is 0.423 e. The number of carbonyl (C=O) groups is 1. The van der Waals surface area contributed by atoms with E-state index in [9.17, 15) is 4.79 Å². The van der Waals surface area contributed by atoms with Crippen LogP contribution < -0.4 is 5.84 Å². The van der Waals surface area contributed by atoms with Crippen LogP contribution in [0.15, 0.2) is 5.11 Å². The summed E-state index contributed by atoms with van der Waals surface area (Å²) in [7, 11) is 1.43. The maximum atomic E-state index is 10.8. The number of ether oxygens (including phenoxy) is 1. The molecule has 0 aliphatic heterocycles. The maximum absolute atomic E-state index is 10.8. The SMILES string of the molecule is CN(N)C(=O)OCCCCCCN=[N+]=[N-]. The summed E-state index contributed by atoms with van der Waals surface area (Å²) < 4.78 is 4.81. The van der Waals surface area contributed by atoms with Gasteiger partial charge in [-0.2, -0.15) is 0 Å². The van der Waals surface area contributed by atoms with Gasteiger partial charge in [0.05, 0.1) is 6.61 Å². The van der Waals surface area contributed by atoms with Gasteiger partial charge in [-0.15, -0.1) is 0 Å². The van der Waals surface area contributed by atoms with Gasteiger partial charge in [0.1, 0.15) is 0 Å². The van der Waals surface area contributed by atoms with E-state index in [1.807, 2.05) is 0 Å². The lowest BCUT2D eigenvalue weighted by molar-refractivity contribution is 0.109. The van der Waals surface area contributed by atoms with Crippen molar-refractivity contribution in [2.75, 3.05) is 20.2 Å². The van der Waals surface area contributed by atoms with Crippen LogP contribution >= 0.6 is 0 Å². The standard InChI is InChI=1S/C8H17N5O2/c1-13(10)8(14)15-7-5-3-2-4-6-11-12-9/h2-7,10H2,1H3. The Bertz CT molecular complexity index is 225. The number of rotatable bonds is 7. The summed E-state index contributed by atoms with van der Waals surface area (Å²) >= 11 is 0. The average Bonchev–Trinajstić information content (AvgIpc) is 2.21. The lowest BCUT2D eigenvalue weighted by atomic mass is 10.2. The molecule has 0 aromatic heterocycles. The molecule has 0 fully saturated rings. The van der Waals surface area contributed by atoms with Gasteiger partial charge >= 0.3 is 6.09 Å². The number of carbonyl (C=O) groups excluding carboxylic acids is 1. The van der Waals surface area contributed by atoms with E-state index in [0.717, 1.165) is 30.7 Å². The Morgan fingerprint density at radius 3 is 2.73 bits per heavy atom. The highest BCUT2D eigenvalue weighted by molar-refractivity contribution is 5.66. The molecule has 0 unspecified atom stereocenters. The molecule has 86 valence electrons. The van der Waals surface area contributed by atoms with Crippen LogP contribution in [0.2, 0.25) is 0 Å². The summed E-state index contributed by atoms with van der Waals surface area (Å²) in [6.07, 6.45) is 3.06. The Kier molecular flexibility index (Phi) is 8.22. The molecule has 0 aromatic carbocycles. The first-order valence-corrected chi connectivity index (χ1v) is 4.84. The van der Waals surface area contributed by atoms with Crippen LogP contribution in [0.4, 0.5) is 4.79 Å². The second kappa shape index (κ2) is 9.11. The third-order valence-corrected chi connectivity index (χ3v) is 1.73. The van der Waals surface area contributed by atoms with Gasteiger partial charge in [0.15, 0.2) is 0 Å². The first kappa shape index (κ1) is 13.5. The molecular weight excluding hydrogens is 198 g/mol. The zero-order chi connectivity index (χ0) is 11.5. The van der Waals surface area contributed by atoms with Gasteiger partial charge in [-0.05, 0) is 18.4 Å². The summed E-state index contributed by atoms with van der Waals surface area (Å²) in [5.74, 6) is 5.14. The van der Waals surface area contributed by atoms with E-state index in [1.54, 1.807) is 0 Å². The molecule has 2 N–H and O–H groups in total. The second-order valence-electron chi connectivity index (χ2n) is 3.09. The largest absolute Gasteiger partial charge is 0.448 e. The van der Waals surface area contributed by atoms with Crippen LogP contribution in [-0.2, 0) is 4.74 Å². The Morgan fingerprint density at radius 1 is 1.47 bits per heavy atom. The lowest BCUT2D eigenvalue weighted by Gasteiger charge is -2.10. The summed E-state index contributed by atoms with van der Waals surface area (Å²) in [6.45, 7) is 0.906. The van der Waals surface area contributed by atoms with E-state index < -0.39 is 6.09 Å². The minimum absolute atomic E-state index is 0.377. The van der Waals surface area contributed by atoms with Crippen LogP contribution in [0.1, 0.15) is 25.7 Å². The van der Waals surface area contributed by atoms with Crippen molar-refractivity contribution in [3.05, 3.63) is 10.4 Å². The Balaban J connectivity index is 3.18. The van der Waals surface area contributed by atoms with Gasteiger partial charge in [0.2, 0.25) is 0 Å². The molecule has 0 heterocycles. The quantitative estimate of drug-likeness (QED) is 0.133. The molecule has 0 saturated heterocycles. The minimum atomic E-state index is -0.524. The Morgan fingerprint density at radius 2 is 2.13 bits per heavy atom. The molecule has 0 aromatic rings. The highest BCUT2D eigenvalue weighted by atomic mass is 16.6. The molecule has 0 aliphatic carbocycles. The fourth-order valence-electron chi connectivity index (χ4n) is 0.944. The van der Waals surface area contributed by atoms with Crippen molar-refractivity contribution in [3.8, 4) is 0 Å². The molecule has 0 radical (unpaired) electrons. The van der Waals surface area contributed by atoms with Crippen molar-refractivity contribution in [2.24, 2.45) is 11.0 Å². The Hall–Kier alpha value is -1.46. The summed E-state index contributed by atoms with van der Waals surface area (Å²) in [4.78, 5) is 13.5. The molecule has 0 atom stereocenters. The summed E-state index contributed by atoms with van der Waals surface area (Å²) in [6, 6.07) is 0. The molecule has 0 bridgehead atoms. The zero-order valence-corrected chi connectivity index (χ0v) is 8.93. The number of hydrogen-bond donors (Lipinski definition) is 1. The van der Waals surface area contributed by atoms with Crippen molar-refractivity contribution < 1.29 is 9.53 Å². The predicted molar refractivity (Wildman–Crippen MR) is 55.8 cm³/mol. The third-order valence-electron chi connectivity index (χ3n) is 1.73. The molecule has 0 aliphatic rings. The lowest BCUT2D eigenvalue weighted by Crippen LogP contribution is -2.33. The molecule has 0 spiro atoms. The maximum Gasteiger partial charge on any atom is 0.423 e. The van der Waals surface area contributed by atoms with E-state index in [-0.39, 0.29) is 0 Å². The number of azide groups is 1. The molecular formula is C8H17N5O2. The molecule has 7 nitrogen and oxygen atoms in total. The van der Waals surface area contributed by atoms with Crippen LogP contribution in [0.5, 0.6) is 0 Å². The van der Waals surface area contributed by atoms with Gasteiger partial charge in [0, 0.05) is 18.5 Å². The fourth-order valence-corrected chi connectivity index (χ4v) is 0.944. The van der Waals surface area contributed by atoms with Gasteiger partial charge < -0.3 is 4.74 Å². The number of hydrazine groups is 1. The first-order chi connectivity index (χ1) is 7.18. The number of amides is 1. The topological polar surface area (TPSA) is 104 Å². The van der Waals surface area contributed by atoms with Crippen molar-refractivity contribution in [2.45, 2.75) is 25.7 Å². The summed E-state index contributed by atoms with van der Waals surface area (Å²) in [5.41, 5.74) is 8.00. The number of unbranched alkanes of at least 4 members (excludes halogenated alkanes) is 3. The molecule has 0 saturated carbocycles. The van der Waals surface area contributed by atoms with E-state index in [0.29, 0.717) is 13.2 Å². The fraction of sp³-hybridized carbons (Fsp3) is 0.875. The van der Waals surface area contributed by atoms with Crippen LogP contribution in [0.25, 0.3) is 10.4 Å².